The fraction of sp³-hybridized carbons (Fsp3) is 0.182. The lowest BCUT2D eigenvalue weighted by atomic mass is 10.1. The Morgan fingerprint density at radius 3 is 2.53 bits per heavy atom. The van der Waals surface area contributed by atoms with Crippen LogP contribution in [0.4, 0.5) is 13.2 Å². The molecule has 0 unspecified atom stereocenters. The number of fused-ring (bicyclic) bond motifs is 1. The van der Waals surface area contributed by atoms with E-state index in [1.165, 1.54) is 23.7 Å². The second-order valence-electron chi connectivity index (χ2n) is 3.69. The van der Waals surface area contributed by atoms with Crippen molar-refractivity contribution < 1.29 is 23.1 Å². The van der Waals surface area contributed by atoms with Gasteiger partial charge in [-0.25, -0.2) is 4.79 Å². The summed E-state index contributed by atoms with van der Waals surface area (Å²) < 4.78 is 39.4. The van der Waals surface area contributed by atoms with Crippen LogP contribution in [0.5, 0.6) is 0 Å². The standard InChI is InChI=1S/C11H8F3NO2/c1-15-5-8(11(12,13)14)7-4-6(10(16)17)2-3-9(7)15/h2-5H,1H3,(H,16,17). The Hall–Kier alpha value is -1.98. The van der Waals surface area contributed by atoms with Gasteiger partial charge in [0.15, 0.2) is 0 Å². The van der Waals surface area contributed by atoms with Crippen LogP contribution in [0.2, 0.25) is 0 Å². The van der Waals surface area contributed by atoms with Crippen molar-refractivity contribution in [3.8, 4) is 0 Å². The summed E-state index contributed by atoms with van der Waals surface area (Å²) in [6.07, 6.45) is -3.53. The number of carboxylic acids is 1. The van der Waals surface area contributed by atoms with Crippen LogP contribution in [0.25, 0.3) is 10.9 Å². The van der Waals surface area contributed by atoms with Crippen molar-refractivity contribution in [2.45, 2.75) is 6.18 Å². The molecule has 0 saturated carbocycles. The molecule has 0 aliphatic rings. The highest BCUT2D eigenvalue weighted by Crippen LogP contribution is 2.36. The molecule has 2 rings (SSSR count). The van der Waals surface area contributed by atoms with E-state index in [0.717, 1.165) is 12.3 Å². The molecule has 0 radical (unpaired) electrons. The molecular formula is C11H8F3NO2. The van der Waals surface area contributed by atoms with Gasteiger partial charge in [-0.2, -0.15) is 13.2 Å². The minimum atomic E-state index is -4.49. The SMILES string of the molecule is Cn1cc(C(F)(F)F)c2cc(C(=O)O)ccc21. The van der Waals surface area contributed by atoms with Crippen molar-refractivity contribution in [3.63, 3.8) is 0 Å². The van der Waals surface area contributed by atoms with Crippen molar-refractivity contribution in [1.82, 2.24) is 4.57 Å². The van der Waals surface area contributed by atoms with Gasteiger partial charge in [-0.1, -0.05) is 0 Å². The third kappa shape index (κ3) is 1.86. The Kier molecular flexibility index (Phi) is 2.38. The van der Waals surface area contributed by atoms with Crippen LogP contribution in [0.15, 0.2) is 24.4 Å². The minimum absolute atomic E-state index is 0.0973. The average molecular weight is 243 g/mol. The fourth-order valence-electron chi connectivity index (χ4n) is 1.75. The van der Waals surface area contributed by atoms with E-state index in [9.17, 15) is 18.0 Å². The zero-order valence-electron chi connectivity index (χ0n) is 8.75. The van der Waals surface area contributed by atoms with E-state index in [1.807, 2.05) is 0 Å². The van der Waals surface area contributed by atoms with Crippen LogP contribution >= 0.6 is 0 Å². The summed E-state index contributed by atoms with van der Waals surface area (Å²) in [6.45, 7) is 0. The maximum atomic E-state index is 12.7. The van der Waals surface area contributed by atoms with Gasteiger partial charge in [0.2, 0.25) is 0 Å². The number of aryl methyl sites for hydroxylation is 1. The smallest absolute Gasteiger partial charge is 0.418 e. The summed E-state index contributed by atoms with van der Waals surface area (Å²) in [4.78, 5) is 10.7. The quantitative estimate of drug-likeness (QED) is 0.836. The summed E-state index contributed by atoms with van der Waals surface area (Å²) in [6, 6.07) is 3.69. The first-order chi connectivity index (χ1) is 7.80. The van der Waals surface area contributed by atoms with Crippen LogP contribution in [-0.4, -0.2) is 15.6 Å². The van der Waals surface area contributed by atoms with Crippen molar-refractivity contribution >= 4 is 16.9 Å². The molecule has 0 spiro atoms. The highest BCUT2D eigenvalue weighted by atomic mass is 19.4. The number of carbonyl (C=O) groups is 1. The summed E-state index contributed by atoms with van der Waals surface area (Å²) in [5.74, 6) is -1.25. The van der Waals surface area contributed by atoms with Crippen molar-refractivity contribution in [3.05, 3.63) is 35.5 Å². The number of carboxylic acid groups (broad SMARTS) is 1. The number of aromatic carboxylic acids is 1. The van der Waals surface area contributed by atoms with Gasteiger partial charge in [0.1, 0.15) is 0 Å². The number of halogens is 3. The lowest BCUT2D eigenvalue weighted by Crippen LogP contribution is -2.04. The summed E-state index contributed by atoms with van der Waals surface area (Å²) in [7, 11) is 1.48. The molecule has 1 N–H and O–H groups in total. The molecule has 3 nitrogen and oxygen atoms in total. The lowest BCUT2D eigenvalue weighted by molar-refractivity contribution is -0.136. The first-order valence-electron chi connectivity index (χ1n) is 4.70. The predicted molar refractivity (Wildman–Crippen MR) is 54.9 cm³/mol. The molecule has 17 heavy (non-hydrogen) atoms. The van der Waals surface area contributed by atoms with Crippen LogP contribution in [0.3, 0.4) is 0 Å². The Balaban J connectivity index is 2.78. The first-order valence-corrected chi connectivity index (χ1v) is 4.70. The van der Waals surface area contributed by atoms with E-state index in [0.29, 0.717) is 5.52 Å². The van der Waals surface area contributed by atoms with Gasteiger partial charge >= 0.3 is 12.1 Å². The number of benzene rings is 1. The normalized spacial score (nSPS) is 12.0. The maximum Gasteiger partial charge on any atom is 0.418 e. The molecule has 2 aromatic rings. The van der Waals surface area contributed by atoms with Gasteiger partial charge in [-0.05, 0) is 18.2 Å². The van der Waals surface area contributed by atoms with Gasteiger partial charge in [-0.3, -0.25) is 0 Å². The van der Waals surface area contributed by atoms with Gasteiger partial charge in [0.25, 0.3) is 0 Å². The summed E-state index contributed by atoms with van der Waals surface area (Å²) in [5, 5.41) is 8.66. The number of aromatic nitrogens is 1. The van der Waals surface area contributed by atoms with Crippen LogP contribution in [0, 0.1) is 0 Å². The molecule has 1 aromatic carbocycles. The molecule has 0 aliphatic heterocycles. The van der Waals surface area contributed by atoms with E-state index in [4.69, 9.17) is 5.11 Å². The van der Waals surface area contributed by atoms with Crippen molar-refractivity contribution in [2.24, 2.45) is 7.05 Å². The Morgan fingerprint density at radius 2 is 2.00 bits per heavy atom. The molecule has 0 bridgehead atoms. The minimum Gasteiger partial charge on any atom is -0.478 e. The number of rotatable bonds is 1. The molecule has 6 heteroatoms. The summed E-state index contributed by atoms with van der Waals surface area (Å²) >= 11 is 0. The predicted octanol–water partition coefficient (Wildman–Crippen LogP) is 2.90. The Morgan fingerprint density at radius 1 is 1.35 bits per heavy atom. The van der Waals surface area contributed by atoms with Crippen LogP contribution < -0.4 is 0 Å². The molecular weight excluding hydrogens is 235 g/mol. The second-order valence-corrected chi connectivity index (χ2v) is 3.69. The van der Waals surface area contributed by atoms with Gasteiger partial charge in [-0.15, -0.1) is 0 Å². The average Bonchev–Trinajstić information content (AvgIpc) is 2.55. The monoisotopic (exact) mass is 243 g/mol. The molecule has 0 amide bonds. The third-order valence-electron chi connectivity index (χ3n) is 2.54. The van der Waals surface area contributed by atoms with E-state index >= 15 is 0 Å². The molecule has 1 aromatic heterocycles. The Bertz CT molecular complexity index is 599. The zero-order valence-corrected chi connectivity index (χ0v) is 8.75. The number of alkyl halides is 3. The third-order valence-corrected chi connectivity index (χ3v) is 2.54. The molecule has 0 aliphatic carbocycles. The second kappa shape index (κ2) is 3.51. The molecule has 1 heterocycles. The highest BCUT2D eigenvalue weighted by Gasteiger charge is 2.34. The zero-order chi connectivity index (χ0) is 12.8. The molecule has 0 fully saturated rings. The van der Waals surface area contributed by atoms with E-state index in [2.05, 4.69) is 0 Å². The van der Waals surface area contributed by atoms with Crippen molar-refractivity contribution in [1.29, 1.82) is 0 Å². The van der Waals surface area contributed by atoms with Gasteiger partial charge in [0.05, 0.1) is 11.1 Å². The first kappa shape index (κ1) is 11.5. The van der Waals surface area contributed by atoms with Crippen molar-refractivity contribution in [2.75, 3.05) is 0 Å². The van der Waals surface area contributed by atoms with E-state index < -0.39 is 17.7 Å². The van der Waals surface area contributed by atoms with Gasteiger partial charge < -0.3 is 9.67 Å². The van der Waals surface area contributed by atoms with Gasteiger partial charge in [0, 0.05) is 24.1 Å². The molecule has 90 valence electrons. The topological polar surface area (TPSA) is 42.2 Å². The van der Waals surface area contributed by atoms with Crippen LogP contribution in [-0.2, 0) is 13.2 Å². The van der Waals surface area contributed by atoms with E-state index in [-0.39, 0.29) is 10.9 Å². The summed E-state index contributed by atoms with van der Waals surface area (Å²) in [5.41, 5.74) is -0.630. The number of hydrogen-bond donors (Lipinski definition) is 1. The fourth-order valence-corrected chi connectivity index (χ4v) is 1.75. The van der Waals surface area contributed by atoms with E-state index in [1.54, 1.807) is 0 Å². The number of hydrogen-bond acceptors (Lipinski definition) is 1. The highest BCUT2D eigenvalue weighted by molar-refractivity contribution is 5.95. The number of nitrogens with zero attached hydrogens (tertiary/aromatic N) is 1. The van der Waals surface area contributed by atoms with Crippen LogP contribution in [0.1, 0.15) is 15.9 Å². The largest absolute Gasteiger partial charge is 0.478 e. The maximum absolute atomic E-state index is 12.7. The Labute approximate surface area is 94.1 Å². The molecule has 0 saturated heterocycles. The molecule has 0 atom stereocenters. The lowest BCUT2D eigenvalue weighted by Gasteiger charge is -2.04.